The maximum atomic E-state index is 12.4. The van der Waals surface area contributed by atoms with Gasteiger partial charge in [-0.25, -0.2) is 9.59 Å². The van der Waals surface area contributed by atoms with Crippen LogP contribution in [0.4, 0.5) is 0 Å². The predicted molar refractivity (Wildman–Crippen MR) is 166 cm³/mol. The molecule has 0 bridgehead atoms. The van der Waals surface area contributed by atoms with E-state index in [1.165, 1.54) is 57.4 Å². The standard InChI is InChI=1S/C24H38O4.C11H12O2/c1-3-5-7-9-11-15-19-27-23(25)21-17-13-14-18-22(21)24(26)28-20-16-12-10-8-6-4-2;1-2-10(12)8-9-13-11-6-4-3-5-7-11/h13-14,17-18H,3-12,15-16,19-20H2,1-2H3;2-7H,1,8-9H2. The molecule has 0 aliphatic rings. The van der Waals surface area contributed by atoms with Crippen LogP contribution in [0, 0.1) is 0 Å². The van der Waals surface area contributed by atoms with E-state index >= 15 is 0 Å². The summed E-state index contributed by atoms with van der Waals surface area (Å²) < 4.78 is 16.0. The third-order valence-corrected chi connectivity index (χ3v) is 6.42. The molecule has 2 rings (SSSR count). The molecule has 226 valence electrons. The molecular formula is C35H50O6. The summed E-state index contributed by atoms with van der Waals surface area (Å²) in [5.74, 6) is -0.0864. The Bertz CT molecular complexity index is 936. The lowest BCUT2D eigenvalue weighted by Gasteiger charge is -2.10. The molecule has 0 atom stereocenters. The van der Waals surface area contributed by atoms with Gasteiger partial charge in [-0.05, 0) is 43.2 Å². The van der Waals surface area contributed by atoms with Crippen molar-refractivity contribution in [2.24, 2.45) is 0 Å². The van der Waals surface area contributed by atoms with Gasteiger partial charge in [0.25, 0.3) is 0 Å². The van der Waals surface area contributed by atoms with Gasteiger partial charge >= 0.3 is 11.9 Å². The summed E-state index contributed by atoms with van der Waals surface area (Å²) in [4.78, 5) is 35.5. The fourth-order valence-corrected chi connectivity index (χ4v) is 3.98. The van der Waals surface area contributed by atoms with Crippen molar-refractivity contribution in [3.63, 3.8) is 0 Å². The molecule has 0 N–H and O–H groups in total. The Kier molecular flexibility index (Phi) is 21.2. The highest BCUT2D eigenvalue weighted by Gasteiger charge is 2.18. The summed E-state index contributed by atoms with van der Waals surface area (Å²) in [6.07, 6.45) is 15.3. The van der Waals surface area contributed by atoms with Gasteiger partial charge in [0.2, 0.25) is 0 Å². The second kappa shape index (κ2) is 24.4. The summed E-state index contributed by atoms with van der Waals surface area (Å²) in [7, 11) is 0. The number of carbonyl (C=O) groups excluding carboxylic acids is 3. The van der Waals surface area contributed by atoms with E-state index in [1.54, 1.807) is 24.3 Å². The number of ketones is 1. The Morgan fingerprint density at radius 3 is 1.51 bits per heavy atom. The van der Waals surface area contributed by atoms with Crippen molar-refractivity contribution in [3.8, 4) is 5.75 Å². The lowest BCUT2D eigenvalue weighted by atomic mass is 10.1. The van der Waals surface area contributed by atoms with Gasteiger partial charge in [0.05, 0.1) is 30.9 Å². The van der Waals surface area contributed by atoms with Crippen molar-refractivity contribution in [3.05, 3.63) is 78.4 Å². The maximum absolute atomic E-state index is 12.4. The largest absolute Gasteiger partial charge is 0.493 e. The Balaban J connectivity index is 0.000000537. The minimum absolute atomic E-state index is 0.0101. The van der Waals surface area contributed by atoms with Crippen molar-refractivity contribution < 1.29 is 28.6 Å². The van der Waals surface area contributed by atoms with Crippen LogP contribution < -0.4 is 4.74 Å². The molecule has 2 aromatic carbocycles. The highest BCUT2D eigenvalue weighted by atomic mass is 16.5. The van der Waals surface area contributed by atoms with E-state index in [-0.39, 0.29) is 5.78 Å². The maximum Gasteiger partial charge on any atom is 0.339 e. The number of unbranched alkanes of at least 4 members (excludes halogenated alkanes) is 10. The van der Waals surface area contributed by atoms with Crippen LogP contribution in [-0.2, 0) is 14.3 Å². The summed E-state index contributed by atoms with van der Waals surface area (Å²) in [6, 6.07) is 16.2. The molecule has 6 nitrogen and oxygen atoms in total. The average Bonchev–Trinajstić information content (AvgIpc) is 3.00. The highest BCUT2D eigenvalue weighted by Crippen LogP contribution is 2.14. The third kappa shape index (κ3) is 17.8. The molecule has 0 aliphatic carbocycles. The van der Waals surface area contributed by atoms with E-state index in [1.807, 2.05) is 30.3 Å². The normalized spacial score (nSPS) is 10.2. The second-order valence-corrected chi connectivity index (χ2v) is 9.93. The lowest BCUT2D eigenvalue weighted by molar-refractivity contribution is -0.115. The number of benzene rings is 2. The van der Waals surface area contributed by atoms with Gasteiger partial charge in [-0.3, -0.25) is 4.79 Å². The van der Waals surface area contributed by atoms with Crippen LogP contribution in [-0.4, -0.2) is 37.5 Å². The SMILES string of the molecule is C=CC(=O)CCOc1ccccc1.CCCCCCCCOC(=O)c1ccccc1C(=O)OCCCCCCCC. The lowest BCUT2D eigenvalue weighted by Crippen LogP contribution is -2.15. The first-order chi connectivity index (χ1) is 20.0. The third-order valence-electron chi connectivity index (χ3n) is 6.42. The number of ether oxygens (including phenoxy) is 3. The quantitative estimate of drug-likeness (QED) is 0.0852. The Hall–Kier alpha value is -3.41. The predicted octanol–water partition coefficient (Wildman–Crippen LogP) is 8.93. The highest BCUT2D eigenvalue weighted by molar-refractivity contribution is 6.03. The molecule has 0 aromatic heterocycles. The van der Waals surface area contributed by atoms with Gasteiger partial charge in [-0.2, -0.15) is 0 Å². The number of hydrogen-bond acceptors (Lipinski definition) is 6. The van der Waals surface area contributed by atoms with Crippen molar-refractivity contribution in [2.75, 3.05) is 19.8 Å². The smallest absolute Gasteiger partial charge is 0.339 e. The Labute approximate surface area is 247 Å². The summed E-state index contributed by atoms with van der Waals surface area (Å²) in [6.45, 7) is 8.97. The van der Waals surface area contributed by atoms with Crippen molar-refractivity contribution >= 4 is 17.7 Å². The first kappa shape index (κ1) is 35.6. The number of hydrogen-bond donors (Lipinski definition) is 0. The summed E-state index contributed by atoms with van der Waals surface area (Å²) >= 11 is 0. The number of carbonyl (C=O) groups is 3. The first-order valence-corrected chi connectivity index (χ1v) is 15.3. The van der Waals surface area contributed by atoms with Crippen LogP contribution in [0.3, 0.4) is 0 Å². The molecule has 41 heavy (non-hydrogen) atoms. The van der Waals surface area contributed by atoms with E-state index in [2.05, 4.69) is 20.4 Å². The molecule has 0 amide bonds. The van der Waals surface area contributed by atoms with Crippen LogP contribution in [0.2, 0.25) is 0 Å². The fraction of sp³-hybridized carbons (Fsp3) is 0.514. The zero-order valence-electron chi connectivity index (χ0n) is 25.2. The summed E-state index contributed by atoms with van der Waals surface area (Å²) in [5, 5.41) is 0. The van der Waals surface area contributed by atoms with E-state index in [4.69, 9.17) is 14.2 Å². The van der Waals surface area contributed by atoms with E-state index < -0.39 is 11.9 Å². The molecule has 0 heterocycles. The van der Waals surface area contributed by atoms with E-state index in [0.29, 0.717) is 37.4 Å². The van der Waals surface area contributed by atoms with Gasteiger partial charge in [-0.1, -0.05) is 115 Å². The molecule has 0 spiro atoms. The van der Waals surface area contributed by atoms with Crippen LogP contribution in [0.15, 0.2) is 67.3 Å². The minimum Gasteiger partial charge on any atom is -0.493 e. The zero-order chi connectivity index (χ0) is 30.0. The number of esters is 2. The van der Waals surface area contributed by atoms with Crippen LogP contribution in [0.1, 0.15) is 118 Å². The number of allylic oxidation sites excluding steroid dienone is 1. The molecule has 0 aliphatic heterocycles. The molecule has 6 heteroatoms. The average molecular weight is 567 g/mol. The van der Waals surface area contributed by atoms with Gasteiger partial charge < -0.3 is 14.2 Å². The van der Waals surface area contributed by atoms with Crippen molar-refractivity contribution in [1.29, 1.82) is 0 Å². The van der Waals surface area contributed by atoms with Gasteiger partial charge in [0, 0.05) is 6.42 Å². The molecule has 0 saturated heterocycles. The second-order valence-electron chi connectivity index (χ2n) is 9.93. The van der Waals surface area contributed by atoms with Gasteiger partial charge in [0.15, 0.2) is 5.78 Å². The molecular weight excluding hydrogens is 516 g/mol. The van der Waals surface area contributed by atoms with E-state index in [9.17, 15) is 14.4 Å². The molecule has 0 radical (unpaired) electrons. The Morgan fingerprint density at radius 1 is 0.610 bits per heavy atom. The molecule has 0 unspecified atom stereocenters. The van der Waals surface area contributed by atoms with Gasteiger partial charge in [0.1, 0.15) is 5.75 Å². The minimum atomic E-state index is -0.444. The number of rotatable bonds is 21. The van der Waals surface area contributed by atoms with Crippen molar-refractivity contribution in [2.45, 2.75) is 97.3 Å². The number of para-hydroxylation sites is 1. The fourth-order valence-electron chi connectivity index (χ4n) is 3.98. The summed E-state index contributed by atoms with van der Waals surface area (Å²) in [5.41, 5.74) is 0.586. The molecule has 2 aromatic rings. The van der Waals surface area contributed by atoms with Crippen LogP contribution in [0.25, 0.3) is 0 Å². The van der Waals surface area contributed by atoms with Crippen molar-refractivity contribution in [1.82, 2.24) is 0 Å². The topological polar surface area (TPSA) is 78.9 Å². The van der Waals surface area contributed by atoms with Crippen LogP contribution >= 0.6 is 0 Å². The first-order valence-electron chi connectivity index (χ1n) is 15.3. The monoisotopic (exact) mass is 566 g/mol. The zero-order valence-corrected chi connectivity index (χ0v) is 25.2. The van der Waals surface area contributed by atoms with Gasteiger partial charge in [-0.15, -0.1) is 0 Å². The molecule has 0 fully saturated rings. The van der Waals surface area contributed by atoms with E-state index in [0.717, 1.165) is 31.4 Å². The molecule has 0 saturated carbocycles. The Morgan fingerprint density at radius 2 is 1.05 bits per heavy atom. The van der Waals surface area contributed by atoms with Crippen LogP contribution in [0.5, 0.6) is 5.75 Å².